The van der Waals surface area contributed by atoms with E-state index >= 15 is 0 Å². The summed E-state index contributed by atoms with van der Waals surface area (Å²) >= 11 is 0. The van der Waals surface area contributed by atoms with Crippen molar-refractivity contribution in [1.29, 1.82) is 0 Å². The standard InChI is InChI=1S/C13H20N2O4S/c1-10(2)9-14-20(18,19)15-12-6-3-11(4-7-12)5-8-13(16)17/h3-4,6-7,10,14-15H,5,8-9H2,1-2H3,(H,16,17). The van der Waals surface area contributed by atoms with Crippen molar-refractivity contribution >= 4 is 21.9 Å². The fraction of sp³-hybridized carbons (Fsp3) is 0.462. The van der Waals surface area contributed by atoms with Gasteiger partial charge in [0.1, 0.15) is 0 Å². The third-order valence-electron chi connectivity index (χ3n) is 2.52. The zero-order valence-corrected chi connectivity index (χ0v) is 12.4. The molecular weight excluding hydrogens is 280 g/mol. The quantitative estimate of drug-likeness (QED) is 0.679. The minimum atomic E-state index is -3.56. The first-order chi connectivity index (χ1) is 9.28. The molecule has 6 nitrogen and oxygen atoms in total. The summed E-state index contributed by atoms with van der Waals surface area (Å²) in [6.45, 7) is 4.20. The van der Waals surface area contributed by atoms with Crippen LogP contribution in [0, 0.1) is 5.92 Å². The Kier molecular flexibility index (Phi) is 5.97. The summed E-state index contributed by atoms with van der Waals surface area (Å²) in [6.07, 6.45) is 0.481. The summed E-state index contributed by atoms with van der Waals surface area (Å²) in [5, 5.41) is 8.59. The minimum absolute atomic E-state index is 0.0566. The van der Waals surface area contributed by atoms with Gasteiger partial charge in [0.2, 0.25) is 0 Å². The zero-order chi connectivity index (χ0) is 15.2. The van der Waals surface area contributed by atoms with E-state index in [2.05, 4.69) is 9.44 Å². The third-order valence-corrected chi connectivity index (χ3v) is 3.57. The summed E-state index contributed by atoms with van der Waals surface area (Å²) in [5.74, 6) is -0.627. The molecule has 1 aromatic rings. The molecule has 0 fully saturated rings. The maximum absolute atomic E-state index is 11.7. The summed E-state index contributed by atoms with van der Waals surface area (Å²) in [4.78, 5) is 10.5. The highest BCUT2D eigenvalue weighted by atomic mass is 32.2. The van der Waals surface area contributed by atoms with E-state index < -0.39 is 16.2 Å². The molecule has 112 valence electrons. The molecule has 1 aromatic carbocycles. The lowest BCUT2D eigenvalue weighted by Gasteiger charge is -2.11. The number of nitrogens with one attached hydrogen (secondary N) is 2. The van der Waals surface area contributed by atoms with Gasteiger partial charge in [0.15, 0.2) is 0 Å². The molecule has 20 heavy (non-hydrogen) atoms. The van der Waals surface area contributed by atoms with Gasteiger partial charge in [-0.05, 0) is 30.0 Å². The average molecular weight is 300 g/mol. The molecule has 7 heteroatoms. The molecule has 0 bridgehead atoms. The van der Waals surface area contributed by atoms with E-state index in [0.29, 0.717) is 18.7 Å². The molecule has 0 spiro atoms. The molecule has 1 rings (SSSR count). The maximum Gasteiger partial charge on any atom is 0.303 e. The van der Waals surface area contributed by atoms with Gasteiger partial charge in [-0.25, -0.2) is 0 Å². The predicted octanol–water partition coefficient (Wildman–Crippen LogP) is 1.61. The number of anilines is 1. The van der Waals surface area contributed by atoms with Gasteiger partial charge in [-0.15, -0.1) is 0 Å². The average Bonchev–Trinajstić information content (AvgIpc) is 2.35. The van der Waals surface area contributed by atoms with Crippen LogP contribution in [0.4, 0.5) is 5.69 Å². The molecule has 3 N–H and O–H groups in total. The SMILES string of the molecule is CC(C)CNS(=O)(=O)Nc1ccc(CCC(=O)O)cc1. The number of aliphatic carboxylic acids is 1. The van der Waals surface area contributed by atoms with Crippen LogP contribution in [-0.2, 0) is 21.4 Å². The van der Waals surface area contributed by atoms with Gasteiger partial charge in [-0.3, -0.25) is 9.52 Å². The highest BCUT2D eigenvalue weighted by Gasteiger charge is 2.10. The first-order valence-corrected chi connectivity index (χ1v) is 7.85. The van der Waals surface area contributed by atoms with Crippen LogP contribution in [0.5, 0.6) is 0 Å². The maximum atomic E-state index is 11.7. The first-order valence-electron chi connectivity index (χ1n) is 6.36. The summed E-state index contributed by atoms with van der Waals surface area (Å²) < 4.78 is 28.3. The van der Waals surface area contributed by atoms with Crippen LogP contribution in [0.15, 0.2) is 24.3 Å². The molecule has 0 amide bonds. The van der Waals surface area contributed by atoms with Crippen LogP contribution in [0.3, 0.4) is 0 Å². The highest BCUT2D eigenvalue weighted by molar-refractivity contribution is 7.90. The first kappa shape index (κ1) is 16.5. The largest absolute Gasteiger partial charge is 0.481 e. The number of carboxylic acids is 1. The molecular formula is C13H20N2O4S. The van der Waals surface area contributed by atoms with Gasteiger partial charge < -0.3 is 5.11 Å². The Hall–Kier alpha value is -1.60. The fourth-order valence-electron chi connectivity index (χ4n) is 1.46. The van der Waals surface area contributed by atoms with Crippen molar-refractivity contribution in [3.8, 4) is 0 Å². The lowest BCUT2D eigenvalue weighted by Crippen LogP contribution is -2.32. The van der Waals surface area contributed by atoms with Gasteiger partial charge in [0, 0.05) is 18.7 Å². The lowest BCUT2D eigenvalue weighted by atomic mass is 10.1. The Bertz CT molecular complexity index is 538. The van der Waals surface area contributed by atoms with Gasteiger partial charge in [-0.1, -0.05) is 26.0 Å². The van der Waals surface area contributed by atoms with E-state index in [1.807, 2.05) is 13.8 Å². The molecule has 0 saturated carbocycles. The second-order valence-corrected chi connectivity index (χ2v) is 6.44. The van der Waals surface area contributed by atoms with E-state index in [0.717, 1.165) is 5.56 Å². The smallest absolute Gasteiger partial charge is 0.303 e. The van der Waals surface area contributed by atoms with Crippen molar-refractivity contribution in [3.63, 3.8) is 0 Å². The van der Waals surface area contributed by atoms with Gasteiger partial charge in [0.05, 0.1) is 0 Å². The van der Waals surface area contributed by atoms with Crippen LogP contribution in [0.2, 0.25) is 0 Å². The molecule has 0 atom stereocenters. The summed E-state index contributed by atoms with van der Waals surface area (Å²) in [6, 6.07) is 6.66. The van der Waals surface area contributed by atoms with Crippen LogP contribution in [0.1, 0.15) is 25.8 Å². The number of carboxylic acid groups (broad SMARTS) is 1. The Morgan fingerprint density at radius 3 is 2.35 bits per heavy atom. The third kappa shape index (κ3) is 6.53. The second kappa shape index (κ2) is 7.25. The number of aryl methyl sites for hydroxylation is 1. The fourth-order valence-corrected chi connectivity index (χ4v) is 2.53. The Labute approximate surface area is 119 Å². The Balaban J connectivity index is 2.58. The Morgan fingerprint density at radius 2 is 1.85 bits per heavy atom. The monoisotopic (exact) mass is 300 g/mol. The van der Waals surface area contributed by atoms with Crippen LogP contribution in [0.25, 0.3) is 0 Å². The van der Waals surface area contributed by atoms with Crippen molar-refractivity contribution in [2.75, 3.05) is 11.3 Å². The number of hydrogen-bond acceptors (Lipinski definition) is 3. The van der Waals surface area contributed by atoms with E-state index in [1.165, 1.54) is 0 Å². The minimum Gasteiger partial charge on any atom is -0.481 e. The number of rotatable bonds is 8. The summed E-state index contributed by atoms with van der Waals surface area (Å²) in [5.41, 5.74) is 1.30. The molecule has 0 unspecified atom stereocenters. The van der Waals surface area contributed by atoms with E-state index in [9.17, 15) is 13.2 Å². The molecule has 0 aliphatic heterocycles. The molecule has 0 heterocycles. The highest BCUT2D eigenvalue weighted by Crippen LogP contribution is 2.12. The van der Waals surface area contributed by atoms with Crippen molar-refractivity contribution in [2.45, 2.75) is 26.7 Å². The van der Waals surface area contributed by atoms with Crippen molar-refractivity contribution in [3.05, 3.63) is 29.8 Å². The van der Waals surface area contributed by atoms with Gasteiger partial charge in [0.25, 0.3) is 10.2 Å². The van der Waals surface area contributed by atoms with E-state index in [1.54, 1.807) is 24.3 Å². The van der Waals surface area contributed by atoms with E-state index in [-0.39, 0.29) is 12.3 Å². The molecule has 0 saturated heterocycles. The Morgan fingerprint density at radius 1 is 1.25 bits per heavy atom. The van der Waals surface area contributed by atoms with Crippen LogP contribution >= 0.6 is 0 Å². The second-order valence-electron chi connectivity index (χ2n) is 4.94. The zero-order valence-electron chi connectivity index (χ0n) is 11.6. The van der Waals surface area contributed by atoms with Gasteiger partial charge >= 0.3 is 5.97 Å². The van der Waals surface area contributed by atoms with Crippen molar-refractivity contribution < 1.29 is 18.3 Å². The number of benzene rings is 1. The number of carbonyl (C=O) groups is 1. The van der Waals surface area contributed by atoms with Crippen molar-refractivity contribution in [1.82, 2.24) is 4.72 Å². The van der Waals surface area contributed by atoms with Crippen LogP contribution < -0.4 is 9.44 Å². The molecule has 0 aliphatic carbocycles. The molecule has 0 aromatic heterocycles. The predicted molar refractivity (Wildman–Crippen MR) is 77.8 cm³/mol. The van der Waals surface area contributed by atoms with Gasteiger partial charge in [-0.2, -0.15) is 13.1 Å². The van der Waals surface area contributed by atoms with Crippen LogP contribution in [-0.4, -0.2) is 26.0 Å². The molecule has 0 aliphatic rings. The molecule has 0 radical (unpaired) electrons. The van der Waals surface area contributed by atoms with E-state index in [4.69, 9.17) is 5.11 Å². The topological polar surface area (TPSA) is 95.5 Å². The lowest BCUT2D eigenvalue weighted by molar-refractivity contribution is -0.136. The number of hydrogen-bond donors (Lipinski definition) is 3. The summed E-state index contributed by atoms with van der Waals surface area (Å²) in [7, 11) is -3.56. The normalized spacial score (nSPS) is 11.6. The van der Waals surface area contributed by atoms with Crippen molar-refractivity contribution in [2.24, 2.45) is 5.92 Å².